The van der Waals surface area contributed by atoms with Crippen LogP contribution in [0, 0.1) is 0 Å². The molecule has 1 aromatic heterocycles. The molecule has 0 radical (unpaired) electrons. The van der Waals surface area contributed by atoms with Gasteiger partial charge in [-0.25, -0.2) is 0 Å². The lowest BCUT2D eigenvalue weighted by atomic mass is 10.2. The summed E-state index contributed by atoms with van der Waals surface area (Å²) in [4.78, 5) is 16.1. The molecular weight excluding hydrogens is 332 g/mol. The summed E-state index contributed by atoms with van der Waals surface area (Å²) in [6.45, 7) is 1.76. The van der Waals surface area contributed by atoms with Gasteiger partial charge in [0, 0.05) is 26.7 Å². The van der Waals surface area contributed by atoms with Crippen LogP contribution in [-0.2, 0) is 6.54 Å². The molecule has 0 aliphatic rings. The van der Waals surface area contributed by atoms with Gasteiger partial charge in [-0.3, -0.25) is 9.79 Å². The van der Waals surface area contributed by atoms with E-state index in [9.17, 15) is 4.79 Å². The molecule has 0 bridgehead atoms. The fourth-order valence-corrected chi connectivity index (χ4v) is 2.79. The largest absolute Gasteiger partial charge is 0.355 e. The van der Waals surface area contributed by atoms with Gasteiger partial charge in [0.2, 0.25) is 0 Å². The predicted octanol–water partition coefficient (Wildman–Crippen LogP) is 2.50. The van der Waals surface area contributed by atoms with Gasteiger partial charge in [-0.05, 0) is 34.5 Å². The Morgan fingerprint density at radius 1 is 1.17 bits per heavy atom. The zero-order chi connectivity index (χ0) is 16.5. The summed E-state index contributed by atoms with van der Waals surface area (Å²) in [5.74, 6) is 0.516. The summed E-state index contributed by atoms with van der Waals surface area (Å²) in [5, 5.41) is 13.8. The summed E-state index contributed by atoms with van der Waals surface area (Å²) >= 11 is 7.65. The van der Waals surface area contributed by atoms with E-state index in [0.29, 0.717) is 29.6 Å². The Kier molecular flexibility index (Phi) is 6.90. The number of nitrogens with zero attached hydrogens (tertiary/aromatic N) is 1. The highest BCUT2D eigenvalue weighted by atomic mass is 35.5. The lowest BCUT2D eigenvalue weighted by molar-refractivity contribution is 0.0954. The molecule has 122 valence electrons. The van der Waals surface area contributed by atoms with Crippen LogP contribution in [-0.4, -0.2) is 32.0 Å². The average Bonchev–Trinajstić information content (AvgIpc) is 3.08. The third-order valence-corrected chi connectivity index (χ3v) is 4.15. The molecule has 5 nitrogen and oxygen atoms in total. The minimum absolute atomic E-state index is 0.182. The standard InChI is InChI=1S/C16H19ClN4OS/c1-18-16(21-10-12-6-9-23-11-12)20-8-7-19-15(22)13-4-2-3-5-14(13)17/h2-6,9,11H,7-8,10H2,1H3,(H,19,22)(H2,18,20,21). The number of nitrogens with one attached hydrogen (secondary N) is 3. The van der Waals surface area contributed by atoms with E-state index in [1.165, 1.54) is 5.56 Å². The number of benzene rings is 1. The number of carbonyl (C=O) groups excluding carboxylic acids is 1. The zero-order valence-electron chi connectivity index (χ0n) is 12.8. The van der Waals surface area contributed by atoms with Crippen LogP contribution in [0.3, 0.4) is 0 Å². The van der Waals surface area contributed by atoms with E-state index in [2.05, 4.69) is 32.4 Å². The lowest BCUT2D eigenvalue weighted by Gasteiger charge is -2.12. The van der Waals surface area contributed by atoms with Gasteiger partial charge in [0.25, 0.3) is 5.91 Å². The molecule has 1 amide bonds. The number of aliphatic imine (C=N–C) groups is 1. The number of hydrogen-bond donors (Lipinski definition) is 3. The molecule has 0 unspecified atom stereocenters. The summed E-state index contributed by atoms with van der Waals surface area (Å²) in [6.07, 6.45) is 0. The van der Waals surface area contributed by atoms with Crippen molar-refractivity contribution in [2.75, 3.05) is 20.1 Å². The van der Waals surface area contributed by atoms with Gasteiger partial charge < -0.3 is 16.0 Å². The molecule has 0 aliphatic carbocycles. The van der Waals surface area contributed by atoms with E-state index in [1.54, 1.807) is 42.6 Å². The lowest BCUT2D eigenvalue weighted by Crippen LogP contribution is -2.41. The molecular formula is C16H19ClN4OS. The second-order valence-corrected chi connectivity index (χ2v) is 5.91. The third-order valence-electron chi connectivity index (χ3n) is 3.09. The number of guanidine groups is 1. The van der Waals surface area contributed by atoms with Crippen molar-refractivity contribution in [3.63, 3.8) is 0 Å². The topological polar surface area (TPSA) is 65.5 Å². The van der Waals surface area contributed by atoms with Crippen LogP contribution in [0.25, 0.3) is 0 Å². The molecule has 3 N–H and O–H groups in total. The monoisotopic (exact) mass is 350 g/mol. The van der Waals surface area contributed by atoms with E-state index in [4.69, 9.17) is 11.6 Å². The molecule has 0 atom stereocenters. The minimum atomic E-state index is -0.182. The molecule has 0 aliphatic heterocycles. The van der Waals surface area contributed by atoms with Crippen LogP contribution < -0.4 is 16.0 Å². The first-order valence-corrected chi connectivity index (χ1v) is 8.51. The fourth-order valence-electron chi connectivity index (χ4n) is 1.90. The van der Waals surface area contributed by atoms with Gasteiger partial charge in [-0.1, -0.05) is 23.7 Å². The average molecular weight is 351 g/mol. The van der Waals surface area contributed by atoms with Crippen LogP contribution in [0.5, 0.6) is 0 Å². The molecule has 1 aromatic carbocycles. The minimum Gasteiger partial charge on any atom is -0.355 e. The first-order chi connectivity index (χ1) is 11.2. The summed E-state index contributed by atoms with van der Waals surface area (Å²) < 4.78 is 0. The van der Waals surface area contributed by atoms with Crippen molar-refractivity contribution < 1.29 is 4.79 Å². The summed E-state index contributed by atoms with van der Waals surface area (Å²) in [5.41, 5.74) is 1.69. The number of carbonyl (C=O) groups is 1. The highest BCUT2D eigenvalue weighted by Crippen LogP contribution is 2.14. The Balaban J connectivity index is 1.69. The van der Waals surface area contributed by atoms with Crippen LogP contribution in [0.1, 0.15) is 15.9 Å². The number of halogens is 1. The Bertz CT molecular complexity index is 658. The second-order valence-electron chi connectivity index (χ2n) is 4.72. The second kappa shape index (κ2) is 9.17. The van der Waals surface area contributed by atoms with E-state index < -0.39 is 0 Å². The smallest absolute Gasteiger partial charge is 0.252 e. The first kappa shape index (κ1) is 17.3. The molecule has 7 heteroatoms. The van der Waals surface area contributed by atoms with Gasteiger partial charge in [-0.2, -0.15) is 11.3 Å². The molecule has 2 aromatic rings. The van der Waals surface area contributed by atoms with E-state index in [1.807, 2.05) is 5.38 Å². The van der Waals surface area contributed by atoms with E-state index >= 15 is 0 Å². The van der Waals surface area contributed by atoms with Gasteiger partial charge >= 0.3 is 0 Å². The van der Waals surface area contributed by atoms with Crippen molar-refractivity contribution in [3.8, 4) is 0 Å². The predicted molar refractivity (Wildman–Crippen MR) is 96.3 cm³/mol. The maximum absolute atomic E-state index is 12.0. The Morgan fingerprint density at radius 2 is 1.96 bits per heavy atom. The zero-order valence-corrected chi connectivity index (χ0v) is 14.4. The van der Waals surface area contributed by atoms with Crippen LogP contribution >= 0.6 is 22.9 Å². The number of thiophene rings is 1. The van der Waals surface area contributed by atoms with Crippen LogP contribution in [0.4, 0.5) is 0 Å². The van der Waals surface area contributed by atoms with Crippen molar-refractivity contribution in [1.82, 2.24) is 16.0 Å². The third kappa shape index (κ3) is 5.58. The van der Waals surface area contributed by atoms with Gasteiger partial charge in [0.1, 0.15) is 0 Å². The van der Waals surface area contributed by atoms with Gasteiger partial charge in [-0.15, -0.1) is 0 Å². The Morgan fingerprint density at radius 3 is 2.65 bits per heavy atom. The maximum Gasteiger partial charge on any atom is 0.252 e. The highest BCUT2D eigenvalue weighted by Gasteiger charge is 2.08. The SMILES string of the molecule is CN=C(NCCNC(=O)c1ccccc1Cl)NCc1ccsc1. The number of hydrogen-bond acceptors (Lipinski definition) is 3. The maximum atomic E-state index is 12.0. The Hall–Kier alpha value is -2.05. The summed E-state index contributed by atoms with van der Waals surface area (Å²) in [6, 6.07) is 9.05. The number of rotatable bonds is 6. The highest BCUT2D eigenvalue weighted by molar-refractivity contribution is 7.07. The van der Waals surface area contributed by atoms with Crippen molar-refractivity contribution in [2.45, 2.75) is 6.54 Å². The Labute approximate surface area is 144 Å². The van der Waals surface area contributed by atoms with Crippen LogP contribution in [0.2, 0.25) is 5.02 Å². The van der Waals surface area contributed by atoms with Gasteiger partial charge in [0.15, 0.2) is 5.96 Å². The quantitative estimate of drug-likeness (QED) is 0.426. The van der Waals surface area contributed by atoms with Crippen molar-refractivity contribution in [2.24, 2.45) is 4.99 Å². The molecule has 0 fully saturated rings. The molecule has 2 rings (SSSR count). The normalized spacial score (nSPS) is 11.1. The van der Waals surface area contributed by atoms with Crippen molar-refractivity contribution in [1.29, 1.82) is 0 Å². The van der Waals surface area contributed by atoms with Crippen molar-refractivity contribution in [3.05, 3.63) is 57.2 Å². The molecule has 0 saturated heterocycles. The van der Waals surface area contributed by atoms with Gasteiger partial charge in [0.05, 0.1) is 10.6 Å². The molecule has 0 spiro atoms. The molecule has 0 saturated carbocycles. The molecule has 1 heterocycles. The summed E-state index contributed by atoms with van der Waals surface area (Å²) in [7, 11) is 1.71. The van der Waals surface area contributed by atoms with Crippen LogP contribution in [0.15, 0.2) is 46.1 Å². The first-order valence-electron chi connectivity index (χ1n) is 7.19. The van der Waals surface area contributed by atoms with E-state index in [-0.39, 0.29) is 5.91 Å². The van der Waals surface area contributed by atoms with E-state index in [0.717, 1.165) is 6.54 Å². The van der Waals surface area contributed by atoms with Crippen molar-refractivity contribution >= 4 is 34.8 Å². The molecule has 23 heavy (non-hydrogen) atoms. The fraction of sp³-hybridized carbons (Fsp3) is 0.250. The number of amides is 1.